The summed E-state index contributed by atoms with van der Waals surface area (Å²) in [6, 6.07) is 6.31. The second kappa shape index (κ2) is 6.61. The molecular weight excluding hydrogens is 230 g/mol. The first-order valence-corrected chi connectivity index (χ1v) is 6.57. The molecular formula is C14H21NO3. The minimum absolute atomic E-state index is 0.220. The molecule has 1 unspecified atom stereocenters. The molecule has 1 aliphatic heterocycles. The molecule has 0 aliphatic carbocycles. The van der Waals surface area contributed by atoms with Crippen LogP contribution in [0.3, 0.4) is 0 Å². The number of benzene rings is 1. The molecule has 4 nitrogen and oxygen atoms in total. The Balaban J connectivity index is 2.00. The van der Waals surface area contributed by atoms with E-state index in [9.17, 15) is 0 Å². The third-order valence-electron chi connectivity index (χ3n) is 3.20. The molecule has 4 heteroatoms. The Morgan fingerprint density at radius 3 is 2.94 bits per heavy atom. The summed E-state index contributed by atoms with van der Waals surface area (Å²) in [5.74, 6) is 1.69. The van der Waals surface area contributed by atoms with Crippen molar-refractivity contribution in [3.05, 3.63) is 23.8 Å². The first kappa shape index (κ1) is 13.2. The summed E-state index contributed by atoms with van der Waals surface area (Å²) >= 11 is 0. The van der Waals surface area contributed by atoms with Gasteiger partial charge < -0.3 is 19.9 Å². The van der Waals surface area contributed by atoms with E-state index in [2.05, 4.69) is 12.2 Å². The van der Waals surface area contributed by atoms with Crippen molar-refractivity contribution in [3.8, 4) is 11.5 Å². The van der Waals surface area contributed by atoms with Crippen LogP contribution in [0.1, 0.15) is 25.3 Å². The number of rotatable bonds is 6. The Morgan fingerprint density at radius 2 is 2.17 bits per heavy atom. The fraction of sp³-hybridized carbons (Fsp3) is 0.571. The van der Waals surface area contributed by atoms with Crippen molar-refractivity contribution in [3.63, 3.8) is 0 Å². The van der Waals surface area contributed by atoms with E-state index in [1.807, 2.05) is 18.2 Å². The molecule has 0 amide bonds. The first-order valence-electron chi connectivity index (χ1n) is 6.57. The van der Waals surface area contributed by atoms with Gasteiger partial charge in [0.05, 0.1) is 0 Å². The average Bonchev–Trinajstić information content (AvgIpc) is 2.43. The Hall–Kier alpha value is -1.26. The van der Waals surface area contributed by atoms with Crippen molar-refractivity contribution in [2.75, 3.05) is 19.8 Å². The fourth-order valence-electron chi connectivity index (χ4n) is 2.13. The monoisotopic (exact) mass is 251 g/mol. The lowest BCUT2D eigenvalue weighted by Crippen LogP contribution is -2.29. The number of hydrogen-bond acceptors (Lipinski definition) is 4. The van der Waals surface area contributed by atoms with Crippen LogP contribution in [-0.2, 0) is 6.54 Å². The molecule has 2 rings (SSSR count). The number of nitrogens with one attached hydrogen (secondary N) is 1. The molecule has 0 saturated heterocycles. The Kier molecular flexibility index (Phi) is 4.84. The predicted molar refractivity (Wildman–Crippen MR) is 70.1 cm³/mol. The second-order valence-corrected chi connectivity index (χ2v) is 4.44. The van der Waals surface area contributed by atoms with Crippen LogP contribution in [0, 0.1) is 0 Å². The number of para-hydroxylation sites is 1. The zero-order valence-electron chi connectivity index (χ0n) is 10.8. The van der Waals surface area contributed by atoms with Gasteiger partial charge in [0.2, 0.25) is 0 Å². The molecule has 0 bridgehead atoms. The number of fused-ring (bicyclic) bond motifs is 1. The van der Waals surface area contributed by atoms with Gasteiger partial charge in [-0.05, 0) is 18.9 Å². The van der Waals surface area contributed by atoms with Gasteiger partial charge in [-0.25, -0.2) is 0 Å². The highest BCUT2D eigenvalue weighted by Gasteiger charge is 2.15. The molecule has 2 N–H and O–H groups in total. The van der Waals surface area contributed by atoms with E-state index in [4.69, 9.17) is 14.6 Å². The van der Waals surface area contributed by atoms with Gasteiger partial charge in [-0.3, -0.25) is 0 Å². The molecule has 1 atom stereocenters. The largest absolute Gasteiger partial charge is 0.486 e. The van der Waals surface area contributed by atoms with Gasteiger partial charge in [0, 0.05) is 24.8 Å². The minimum Gasteiger partial charge on any atom is -0.486 e. The van der Waals surface area contributed by atoms with Crippen LogP contribution in [0.2, 0.25) is 0 Å². The van der Waals surface area contributed by atoms with Crippen molar-refractivity contribution >= 4 is 0 Å². The van der Waals surface area contributed by atoms with E-state index in [1.54, 1.807) is 0 Å². The lowest BCUT2D eigenvalue weighted by Gasteiger charge is -2.22. The van der Waals surface area contributed by atoms with Gasteiger partial charge in [-0.15, -0.1) is 0 Å². The van der Waals surface area contributed by atoms with Crippen molar-refractivity contribution in [2.24, 2.45) is 0 Å². The number of aliphatic hydroxyl groups excluding tert-OH is 1. The standard InChI is InChI=1S/C14H21NO3/c1-2-12(6-7-16)15-10-11-4-3-5-13-14(11)18-9-8-17-13/h3-5,12,15-16H,2,6-10H2,1H3. The van der Waals surface area contributed by atoms with Crippen LogP contribution in [0.4, 0.5) is 0 Å². The lowest BCUT2D eigenvalue weighted by atomic mass is 10.1. The number of ether oxygens (including phenoxy) is 2. The second-order valence-electron chi connectivity index (χ2n) is 4.44. The number of hydrogen-bond donors (Lipinski definition) is 2. The van der Waals surface area contributed by atoms with Crippen molar-refractivity contribution < 1.29 is 14.6 Å². The van der Waals surface area contributed by atoms with E-state index in [0.717, 1.165) is 36.4 Å². The molecule has 1 heterocycles. The lowest BCUT2D eigenvalue weighted by molar-refractivity contribution is 0.169. The molecule has 18 heavy (non-hydrogen) atoms. The zero-order valence-corrected chi connectivity index (χ0v) is 10.8. The maximum absolute atomic E-state index is 8.97. The SMILES string of the molecule is CCC(CCO)NCc1cccc2c1OCCO2. The summed E-state index contributed by atoms with van der Waals surface area (Å²) in [6.07, 6.45) is 1.79. The predicted octanol–water partition coefficient (Wildman–Crippen LogP) is 1.71. The maximum atomic E-state index is 8.97. The third kappa shape index (κ3) is 3.15. The molecule has 0 radical (unpaired) electrons. The van der Waals surface area contributed by atoms with E-state index in [-0.39, 0.29) is 6.61 Å². The summed E-state index contributed by atoms with van der Waals surface area (Å²) in [5.41, 5.74) is 1.11. The fourth-order valence-corrected chi connectivity index (χ4v) is 2.13. The van der Waals surface area contributed by atoms with Gasteiger partial charge in [0.25, 0.3) is 0 Å². The maximum Gasteiger partial charge on any atom is 0.165 e. The molecule has 1 aromatic carbocycles. The third-order valence-corrected chi connectivity index (χ3v) is 3.20. The Morgan fingerprint density at radius 1 is 1.33 bits per heavy atom. The normalized spacial score (nSPS) is 15.4. The van der Waals surface area contributed by atoms with E-state index in [0.29, 0.717) is 19.3 Å². The van der Waals surface area contributed by atoms with Crippen LogP contribution in [0.5, 0.6) is 11.5 Å². The summed E-state index contributed by atoms with van der Waals surface area (Å²) in [6.45, 7) is 4.31. The molecule has 100 valence electrons. The van der Waals surface area contributed by atoms with Gasteiger partial charge in [-0.2, -0.15) is 0 Å². The molecule has 1 aliphatic rings. The topological polar surface area (TPSA) is 50.7 Å². The van der Waals surface area contributed by atoms with E-state index >= 15 is 0 Å². The summed E-state index contributed by atoms with van der Waals surface area (Å²) in [4.78, 5) is 0. The van der Waals surface area contributed by atoms with Crippen LogP contribution < -0.4 is 14.8 Å². The van der Waals surface area contributed by atoms with Gasteiger partial charge in [-0.1, -0.05) is 19.1 Å². The summed E-state index contributed by atoms with van der Waals surface area (Å²) in [5, 5.41) is 12.4. The van der Waals surface area contributed by atoms with Crippen LogP contribution in [-0.4, -0.2) is 31.0 Å². The smallest absolute Gasteiger partial charge is 0.165 e. The highest BCUT2D eigenvalue weighted by molar-refractivity contribution is 5.47. The Bertz CT molecular complexity index is 381. The highest BCUT2D eigenvalue weighted by atomic mass is 16.6. The number of aliphatic hydroxyl groups is 1. The highest BCUT2D eigenvalue weighted by Crippen LogP contribution is 2.33. The quantitative estimate of drug-likeness (QED) is 0.808. The molecule has 0 spiro atoms. The van der Waals surface area contributed by atoms with Crippen molar-refractivity contribution in [2.45, 2.75) is 32.4 Å². The van der Waals surface area contributed by atoms with E-state index in [1.165, 1.54) is 0 Å². The zero-order chi connectivity index (χ0) is 12.8. The van der Waals surface area contributed by atoms with Crippen LogP contribution >= 0.6 is 0 Å². The van der Waals surface area contributed by atoms with Crippen LogP contribution in [0.25, 0.3) is 0 Å². The molecule has 0 aromatic heterocycles. The Labute approximate surface area is 108 Å². The minimum atomic E-state index is 0.220. The van der Waals surface area contributed by atoms with Crippen molar-refractivity contribution in [1.29, 1.82) is 0 Å². The summed E-state index contributed by atoms with van der Waals surface area (Å²) < 4.78 is 11.2. The van der Waals surface area contributed by atoms with Gasteiger partial charge in [0.1, 0.15) is 13.2 Å². The molecule has 0 fully saturated rings. The van der Waals surface area contributed by atoms with Gasteiger partial charge >= 0.3 is 0 Å². The van der Waals surface area contributed by atoms with Crippen LogP contribution in [0.15, 0.2) is 18.2 Å². The van der Waals surface area contributed by atoms with Crippen molar-refractivity contribution in [1.82, 2.24) is 5.32 Å². The average molecular weight is 251 g/mol. The molecule has 1 aromatic rings. The summed E-state index contributed by atoms with van der Waals surface area (Å²) in [7, 11) is 0. The molecule has 0 saturated carbocycles. The van der Waals surface area contributed by atoms with Gasteiger partial charge in [0.15, 0.2) is 11.5 Å². The van der Waals surface area contributed by atoms with E-state index < -0.39 is 0 Å². The first-order chi connectivity index (χ1) is 8.85.